The van der Waals surface area contributed by atoms with Crippen molar-refractivity contribution in [1.29, 1.82) is 0 Å². The summed E-state index contributed by atoms with van der Waals surface area (Å²) in [6, 6.07) is 1.64. The molecule has 0 spiro atoms. The first-order valence-electron chi connectivity index (χ1n) is 9.15. The Balaban J connectivity index is 1.77. The van der Waals surface area contributed by atoms with Crippen molar-refractivity contribution < 1.29 is 9.26 Å². The first kappa shape index (κ1) is 17.9. The molecule has 0 aromatic carbocycles. The molecule has 9 heteroatoms. The monoisotopic (exact) mass is 372 g/mol. The third-order valence-electron chi connectivity index (χ3n) is 5.06. The molecular formula is C18H24N6O3. The van der Waals surface area contributed by atoms with Gasteiger partial charge in [-0.05, 0) is 25.9 Å². The molecule has 4 heterocycles. The van der Waals surface area contributed by atoms with Gasteiger partial charge in [0.15, 0.2) is 5.82 Å². The average molecular weight is 372 g/mol. The van der Waals surface area contributed by atoms with E-state index >= 15 is 0 Å². The zero-order chi connectivity index (χ0) is 19.0. The number of hydrogen-bond acceptors (Lipinski definition) is 7. The lowest BCUT2D eigenvalue weighted by Gasteiger charge is -2.23. The van der Waals surface area contributed by atoms with Gasteiger partial charge >= 0.3 is 0 Å². The van der Waals surface area contributed by atoms with Gasteiger partial charge in [0.1, 0.15) is 11.2 Å². The molecule has 144 valence electrons. The van der Waals surface area contributed by atoms with Gasteiger partial charge < -0.3 is 19.6 Å². The Morgan fingerprint density at radius 3 is 2.89 bits per heavy atom. The topological polar surface area (TPSA) is 110 Å². The van der Waals surface area contributed by atoms with Crippen molar-refractivity contribution in [3.05, 3.63) is 34.1 Å². The molecular weight excluding hydrogens is 348 g/mol. The molecule has 0 radical (unpaired) electrons. The van der Waals surface area contributed by atoms with Crippen molar-refractivity contribution in [1.82, 2.24) is 30.1 Å². The smallest absolute Gasteiger partial charge is 0.263 e. The van der Waals surface area contributed by atoms with Crippen LogP contribution in [0.2, 0.25) is 0 Å². The van der Waals surface area contributed by atoms with Crippen LogP contribution in [0, 0.1) is 0 Å². The van der Waals surface area contributed by atoms with E-state index in [9.17, 15) is 4.79 Å². The molecule has 1 fully saturated rings. The number of nitrogens with zero attached hydrogens (tertiary/aromatic N) is 4. The maximum Gasteiger partial charge on any atom is 0.263 e. The number of aromatic nitrogens is 5. The van der Waals surface area contributed by atoms with Crippen LogP contribution in [-0.2, 0) is 10.2 Å². The van der Waals surface area contributed by atoms with E-state index in [1.807, 2.05) is 13.8 Å². The zero-order valence-electron chi connectivity index (χ0n) is 15.8. The van der Waals surface area contributed by atoms with Crippen LogP contribution >= 0.6 is 0 Å². The number of nitrogens with one attached hydrogen (secondary N) is 2. The van der Waals surface area contributed by atoms with Crippen LogP contribution in [-0.4, -0.2) is 51.5 Å². The molecule has 1 saturated heterocycles. The number of H-pyrrole nitrogens is 1. The molecule has 1 aliphatic heterocycles. The van der Waals surface area contributed by atoms with Gasteiger partial charge in [0.25, 0.3) is 11.4 Å². The normalized spacial score (nSPS) is 16.3. The molecule has 0 saturated carbocycles. The van der Waals surface area contributed by atoms with Crippen LogP contribution < -0.4 is 10.9 Å². The maximum atomic E-state index is 12.3. The van der Waals surface area contributed by atoms with Gasteiger partial charge in [-0.15, -0.1) is 0 Å². The van der Waals surface area contributed by atoms with Crippen LogP contribution in [0.15, 0.2) is 21.6 Å². The van der Waals surface area contributed by atoms with Crippen LogP contribution in [0.5, 0.6) is 0 Å². The van der Waals surface area contributed by atoms with Crippen molar-refractivity contribution >= 4 is 5.65 Å². The van der Waals surface area contributed by atoms with Gasteiger partial charge in [-0.3, -0.25) is 4.79 Å². The zero-order valence-corrected chi connectivity index (χ0v) is 15.8. The van der Waals surface area contributed by atoms with E-state index in [0.717, 1.165) is 31.6 Å². The Hall–Kier alpha value is -2.52. The number of rotatable bonds is 5. The summed E-state index contributed by atoms with van der Waals surface area (Å²) in [5.74, 6) is 1.18. The minimum atomic E-state index is -0.382. The summed E-state index contributed by atoms with van der Waals surface area (Å²) in [5, 5.41) is 11.9. The van der Waals surface area contributed by atoms with Gasteiger partial charge in [0, 0.05) is 19.1 Å². The lowest BCUT2D eigenvalue weighted by Crippen LogP contribution is -2.28. The predicted octanol–water partition coefficient (Wildman–Crippen LogP) is 1.46. The minimum Gasteiger partial charge on any atom is -0.384 e. The number of hydrogen-bond donors (Lipinski definition) is 2. The molecule has 27 heavy (non-hydrogen) atoms. The minimum absolute atomic E-state index is 0.155. The highest BCUT2D eigenvalue weighted by Gasteiger charge is 2.28. The second-order valence-corrected chi connectivity index (χ2v) is 7.64. The molecule has 3 aromatic heterocycles. The fraction of sp³-hybridized carbons (Fsp3) is 0.556. The summed E-state index contributed by atoms with van der Waals surface area (Å²) < 4.78 is 12.5. The van der Waals surface area contributed by atoms with E-state index < -0.39 is 0 Å². The molecule has 0 amide bonds. The Morgan fingerprint density at radius 1 is 1.37 bits per heavy atom. The second-order valence-electron chi connectivity index (χ2n) is 7.64. The Morgan fingerprint density at radius 2 is 2.15 bits per heavy atom. The number of methoxy groups -OCH3 is 1. The standard InChI is InChI=1S/C18H24N6O3/c1-18(2,10-26-3)17-22-16(27-23-17)12-9-20-24-13(8-14(25)21-15(12)24)11-4-6-19-7-5-11/h8-9,11,19H,4-7,10H2,1-3H3,(H,21,25). The van der Waals surface area contributed by atoms with Crippen molar-refractivity contribution in [3.8, 4) is 11.5 Å². The van der Waals surface area contributed by atoms with Crippen LogP contribution in [0.25, 0.3) is 17.1 Å². The molecule has 2 N–H and O–H groups in total. The summed E-state index contributed by atoms with van der Waals surface area (Å²) in [6.07, 6.45) is 3.61. The van der Waals surface area contributed by atoms with Gasteiger partial charge in [0.05, 0.1) is 23.9 Å². The number of ether oxygens (including phenoxy) is 1. The number of aromatic amines is 1. The Labute approximate surface area is 156 Å². The van der Waals surface area contributed by atoms with Gasteiger partial charge in [-0.25, -0.2) is 4.52 Å². The highest BCUT2D eigenvalue weighted by Crippen LogP contribution is 2.29. The molecule has 0 aliphatic carbocycles. The van der Waals surface area contributed by atoms with Gasteiger partial charge in [-0.1, -0.05) is 19.0 Å². The van der Waals surface area contributed by atoms with E-state index in [1.54, 1.807) is 23.9 Å². The highest BCUT2D eigenvalue weighted by atomic mass is 16.5. The summed E-state index contributed by atoms with van der Waals surface area (Å²) in [7, 11) is 1.64. The number of fused-ring (bicyclic) bond motifs is 1. The molecule has 3 aromatic rings. The van der Waals surface area contributed by atoms with Crippen LogP contribution in [0.3, 0.4) is 0 Å². The summed E-state index contributed by atoms with van der Waals surface area (Å²) in [4.78, 5) is 19.7. The van der Waals surface area contributed by atoms with E-state index in [4.69, 9.17) is 9.26 Å². The Kier molecular flexibility index (Phi) is 4.56. The third-order valence-corrected chi connectivity index (χ3v) is 5.06. The molecule has 9 nitrogen and oxygen atoms in total. The fourth-order valence-electron chi connectivity index (χ4n) is 3.61. The maximum absolute atomic E-state index is 12.3. The van der Waals surface area contributed by atoms with Crippen LogP contribution in [0.4, 0.5) is 0 Å². The van der Waals surface area contributed by atoms with Crippen molar-refractivity contribution in [3.63, 3.8) is 0 Å². The highest BCUT2D eigenvalue weighted by molar-refractivity contribution is 5.71. The van der Waals surface area contributed by atoms with Gasteiger partial charge in [0.2, 0.25) is 0 Å². The lowest BCUT2D eigenvalue weighted by atomic mass is 9.94. The molecule has 0 unspecified atom stereocenters. The van der Waals surface area contributed by atoms with Crippen molar-refractivity contribution in [2.75, 3.05) is 26.8 Å². The molecule has 1 aliphatic rings. The second kappa shape index (κ2) is 6.90. The predicted molar refractivity (Wildman–Crippen MR) is 98.9 cm³/mol. The van der Waals surface area contributed by atoms with Gasteiger partial charge in [-0.2, -0.15) is 10.1 Å². The van der Waals surface area contributed by atoms with E-state index in [-0.39, 0.29) is 11.0 Å². The first-order chi connectivity index (χ1) is 13.0. The van der Waals surface area contributed by atoms with Crippen LogP contribution in [0.1, 0.15) is 44.1 Å². The lowest BCUT2D eigenvalue weighted by molar-refractivity contribution is 0.141. The molecule has 4 rings (SSSR count). The summed E-state index contributed by atoms with van der Waals surface area (Å²) >= 11 is 0. The first-order valence-corrected chi connectivity index (χ1v) is 9.15. The van der Waals surface area contributed by atoms with Crippen molar-refractivity contribution in [2.45, 2.75) is 38.0 Å². The molecule has 0 atom stereocenters. The average Bonchev–Trinajstić information content (AvgIpc) is 3.29. The third kappa shape index (κ3) is 3.28. The van der Waals surface area contributed by atoms with E-state index in [1.165, 1.54) is 0 Å². The summed E-state index contributed by atoms with van der Waals surface area (Å²) in [5.41, 5.74) is 1.58. The number of piperidine rings is 1. The fourth-order valence-corrected chi connectivity index (χ4v) is 3.61. The summed E-state index contributed by atoms with van der Waals surface area (Å²) in [6.45, 7) is 6.32. The van der Waals surface area contributed by atoms with E-state index in [2.05, 4.69) is 25.5 Å². The van der Waals surface area contributed by atoms with E-state index in [0.29, 0.717) is 35.5 Å². The SMILES string of the molecule is COCC(C)(C)c1noc(-c2cnn3c(C4CCNCC4)cc(=O)[nH]c23)n1. The molecule has 0 bridgehead atoms. The quantitative estimate of drug-likeness (QED) is 0.697. The Bertz CT molecular complexity index is 996. The van der Waals surface area contributed by atoms with Crippen molar-refractivity contribution in [2.24, 2.45) is 0 Å². The largest absolute Gasteiger partial charge is 0.384 e.